The second kappa shape index (κ2) is 9.21. The van der Waals surface area contributed by atoms with Crippen molar-refractivity contribution >= 4 is 17.5 Å². The predicted molar refractivity (Wildman–Crippen MR) is 129 cm³/mol. The van der Waals surface area contributed by atoms with Gasteiger partial charge in [0.25, 0.3) is 5.91 Å². The lowest BCUT2D eigenvalue weighted by molar-refractivity contribution is -0.00384. The van der Waals surface area contributed by atoms with Crippen LogP contribution in [-0.4, -0.2) is 56.3 Å². The van der Waals surface area contributed by atoms with E-state index in [1.807, 2.05) is 24.5 Å². The van der Waals surface area contributed by atoms with Crippen LogP contribution in [0.25, 0.3) is 22.3 Å². The number of aromatic nitrogens is 2. The van der Waals surface area contributed by atoms with Gasteiger partial charge in [-0.05, 0) is 35.9 Å². The van der Waals surface area contributed by atoms with Crippen molar-refractivity contribution in [2.24, 2.45) is 0 Å². The highest BCUT2D eigenvalue weighted by Gasteiger charge is 2.28. The first kappa shape index (κ1) is 23.4. The Morgan fingerprint density at radius 3 is 2.36 bits per heavy atom. The monoisotopic (exact) mass is 465 g/mol. The molecule has 1 aromatic carbocycles. The number of halogens is 1. The summed E-state index contributed by atoms with van der Waals surface area (Å²) in [4.78, 5) is 23.2. The molecular formula is C26H28ClN3O3. The van der Waals surface area contributed by atoms with E-state index < -0.39 is 12.2 Å². The maximum atomic E-state index is 12.9. The summed E-state index contributed by atoms with van der Waals surface area (Å²) >= 11 is 6.58. The lowest BCUT2D eigenvalue weighted by atomic mass is 9.90. The Morgan fingerprint density at radius 1 is 1.00 bits per heavy atom. The topological polar surface area (TPSA) is 86.6 Å². The van der Waals surface area contributed by atoms with Crippen LogP contribution >= 0.6 is 11.6 Å². The highest BCUT2D eigenvalue weighted by Crippen LogP contribution is 2.32. The zero-order chi connectivity index (χ0) is 23.8. The Labute approximate surface area is 198 Å². The summed E-state index contributed by atoms with van der Waals surface area (Å²) in [5, 5.41) is 20.2. The average molecular weight is 466 g/mol. The molecule has 1 saturated heterocycles. The van der Waals surface area contributed by atoms with Crippen molar-refractivity contribution in [2.45, 2.75) is 44.8 Å². The van der Waals surface area contributed by atoms with E-state index in [1.54, 1.807) is 24.4 Å². The molecule has 0 bridgehead atoms. The van der Waals surface area contributed by atoms with Crippen LogP contribution in [0.15, 0.2) is 55.0 Å². The van der Waals surface area contributed by atoms with Crippen LogP contribution in [0.2, 0.25) is 5.02 Å². The molecule has 0 aliphatic carbocycles. The summed E-state index contributed by atoms with van der Waals surface area (Å²) in [6.45, 7) is 6.78. The molecule has 3 aromatic rings. The number of likely N-dealkylation sites (tertiary alicyclic amines) is 1. The molecule has 4 rings (SSSR count). The van der Waals surface area contributed by atoms with Crippen molar-refractivity contribution in [1.29, 1.82) is 0 Å². The van der Waals surface area contributed by atoms with Crippen molar-refractivity contribution < 1.29 is 15.0 Å². The summed E-state index contributed by atoms with van der Waals surface area (Å²) in [6, 6.07) is 11.2. The number of rotatable bonds is 3. The van der Waals surface area contributed by atoms with Gasteiger partial charge in [-0.1, -0.05) is 38.4 Å². The highest BCUT2D eigenvalue weighted by molar-refractivity contribution is 6.33. The molecule has 2 N–H and O–H groups in total. The van der Waals surface area contributed by atoms with Crippen molar-refractivity contribution in [2.75, 3.05) is 13.1 Å². The molecule has 1 aliphatic rings. The Kier molecular flexibility index (Phi) is 6.52. The Hall–Kier alpha value is -2.80. The van der Waals surface area contributed by atoms with Gasteiger partial charge in [0.2, 0.25) is 0 Å². The summed E-state index contributed by atoms with van der Waals surface area (Å²) in [6.07, 6.45) is 4.19. The van der Waals surface area contributed by atoms with Crippen molar-refractivity contribution in [3.63, 3.8) is 0 Å². The first-order valence-corrected chi connectivity index (χ1v) is 11.4. The van der Waals surface area contributed by atoms with E-state index in [-0.39, 0.29) is 30.8 Å². The van der Waals surface area contributed by atoms with Crippen LogP contribution in [0.5, 0.6) is 0 Å². The summed E-state index contributed by atoms with van der Waals surface area (Å²) in [5.74, 6) is -0.264. The minimum atomic E-state index is -0.728. The number of aliphatic hydroxyl groups is 2. The van der Waals surface area contributed by atoms with Gasteiger partial charge in [-0.2, -0.15) is 0 Å². The number of piperidine rings is 1. The molecule has 0 radical (unpaired) electrons. The van der Waals surface area contributed by atoms with Gasteiger partial charge in [0, 0.05) is 76.5 Å². The number of hydrogen-bond acceptors (Lipinski definition) is 5. The largest absolute Gasteiger partial charge is 0.391 e. The molecule has 33 heavy (non-hydrogen) atoms. The Morgan fingerprint density at radius 2 is 1.70 bits per heavy atom. The molecular weight excluding hydrogens is 438 g/mol. The molecule has 172 valence electrons. The van der Waals surface area contributed by atoms with Gasteiger partial charge in [-0.15, -0.1) is 0 Å². The smallest absolute Gasteiger partial charge is 0.254 e. The zero-order valence-corrected chi connectivity index (χ0v) is 19.8. The molecule has 2 aromatic heterocycles. The van der Waals surface area contributed by atoms with Crippen molar-refractivity contribution in [1.82, 2.24) is 14.9 Å². The van der Waals surface area contributed by atoms with E-state index in [0.29, 0.717) is 10.6 Å². The molecule has 1 aliphatic heterocycles. The van der Waals surface area contributed by atoms with Crippen LogP contribution in [0.4, 0.5) is 0 Å². The van der Waals surface area contributed by atoms with Gasteiger partial charge in [-0.25, -0.2) is 0 Å². The molecule has 0 spiro atoms. The fourth-order valence-corrected chi connectivity index (χ4v) is 4.33. The lowest BCUT2D eigenvalue weighted by Gasteiger charge is -2.33. The van der Waals surface area contributed by atoms with E-state index in [1.165, 1.54) is 4.90 Å². The summed E-state index contributed by atoms with van der Waals surface area (Å²) in [5.41, 5.74) is 4.94. The van der Waals surface area contributed by atoms with E-state index in [2.05, 4.69) is 36.8 Å². The standard InChI is InChI=1S/C26H28ClN3O3/c1-26(2,3)24-10-16(6-7-29-24)18-8-19(13-28-12-18)22-5-4-17(9-23(22)27)25(33)30-14-20(31)11-21(32)15-30/h4-10,12-13,20-21,31-32H,11,14-15H2,1-3H3. The van der Waals surface area contributed by atoms with Gasteiger partial charge in [0.15, 0.2) is 0 Å². The van der Waals surface area contributed by atoms with Gasteiger partial charge in [-0.3, -0.25) is 14.8 Å². The zero-order valence-electron chi connectivity index (χ0n) is 19.0. The quantitative estimate of drug-likeness (QED) is 0.601. The van der Waals surface area contributed by atoms with Crippen LogP contribution in [0.1, 0.15) is 43.2 Å². The van der Waals surface area contributed by atoms with Gasteiger partial charge in [0.1, 0.15) is 0 Å². The highest BCUT2D eigenvalue weighted by atomic mass is 35.5. The van der Waals surface area contributed by atoms with E-state index in [0.717, 1.165) is 27.9 Å². The number of β-amino-alcohol motifs (C(OH)–C–C–N with tert-alkyl or cyclic N) is 2. The lowest BCUT2D eigenvalue weighted by Crippen LogP contribution is -2.48. The number of nitrogens with zero attached hydrogens (tertiary/aromatic N) is 3. The third-order valence-corrected chi connectivity index (χ3v) is 6.13. The molecule has 7 heteroatoms. The first-order valence-electron chi connectivity index (χ1n) is 11.0. The Balaban J connectivity index is 1.61. The number of carbonyl (C=O) groups excluding carboxylic acids is 1. The third-order valence-electron chi connectivity index (χ3n) is 5.82. The minimum Gasteiger partial charge on any atom is -0.391 e. The van der Waals surface area contributed by atoms with Gasteiger partial charge >= 0.3 is 0 Å². The van der Waals surface area contributed by atoms with Gasteiger partial charge < -0.3 is 15.1 Å². The first-order chi connectivity index (χ1) is 15.6. The van der Waals surface area contributed by atoms with E-state index in [4.69, 9.17) is 11.6 Å². The third kappa shape index (κ3) is 5.24. The van der Waals surface area contributed by atoms with Crippen LogP contribution in [0.3, 0.4) is 0 Å². The molecule has 1 fully saturated rings. The van der Waals surface area contributed by atoms with Crippen LogP contribution in [-0.2, 0) is 5.41 Å². The SMILES string of the molecule is CC(C)(C)c1cc(-c2cncc(-c3ccc(C(=O)N4CC(O)CC(O)C4)cc3Cl)c2)ccn1. The normalized spacial score (nSPS) is 18.9. The molecule has 0 saturated carbocycles. The maximum Gasteiger partial charge on any atom is 0.254 e. The summed E-state index contributed by atoms with van der Waals surface area (Å²) in [7, 11) is 0. The summed E-state index contributed by atoms with van der Waals surface area (Å²) < 4.78 is 0. The number of benzene rings is 1. The number of carbonyl (C=O) groups is 1. The second-order valence-corrected chi connectivity index (χ2v) is 10.00. The van der Waals surface area contributed by atoms with Crippen LogP contribution < -0.4 is 0 Å². The molecule has 6 nitrogen and oxygen atoms in total. The number of hydrogen-bond donors (Lipinski definition) is 2. The van der Waals surface area contributed by atoms with Gasteiger partial charge in [0.05, 0.1) is 12.2 Å². The fraction of sp³-hybridized carbons (Fsp3) is 0.346. The van der Waals surface area contributed by atoms with E-state index >= 15 is 0 Å². The molecule has 2 atom stereocenters. The average Bonchev–Trinajstić information content (AvgIpc) is 2.77. The number of pyridine rings is 2. The van der Waals surface area contributed by atoms with Crippen molar-refractivity contribution in [3.05, 3.63) is 71.3 Å². The maximum absolute atomic E-state index is 12.9. The number of aliphatic hydroxyl groups excluding tert-OH is 2. The predicted octanol–water partition coefficient (Wildman–Crippen LogP) is 4.33. The number of amides is 1. The van der Waals surface area contributed by atoms with Crippen molar-refractivity contribution in [3.8, 4) is 22.3 Å². The minimum absolute atomic E-state index is 0.0623. The van der Waals surface area contributed by atoms with Crippen LogP contribution in [0, 0.1) is 0 Å². The fourth-order valence-electron chi connectivity index (χ4n) is 4.04. The molecule has 1 amide bonds. The molecule has 2 unspecified atom stereocenters. The second-order valence-electron chi connectivity index (χ2n) is 9.59. The van der Waals surface area contributed by atoms with E-state index in [9.17, 15) is 15.0 Å². The molecule has 3 heterocycles. The Bertz CT molecular complexity index is 1170.